The van der Waals surface area contributed by atoms with Gasteiger partial charge in [0.25, 0.3) is 5.91 Å². The van der Waals surface area contributed by atoms with Gasteiger partial charge in [0.05, 0.1) is 6.20 Å². The lowest BCUT2D eigenvalue weighted by molar-refractivity contribution is -0.122. The van der Waals surface area contributed by atoms with E-state index >= 15 is 0 Å². The number of rotatable bonds is 2. The van der Waals surface area contributed by atoms with Crippen LogP contribution in [0.3, 0.4) is 0 Å². The fourth-order valence-electron chi connectivity index (χ4n) is 1.90. The smallest absolute Gasteiger partial charge is 0.266 e. The van der Waals surface area contributed by atoms with Gasteiger partial charge in [-0.25, -0.2) is 0 Å². The molecule has 1 aliphatic heterocycles. The summed E-state index contributed by atoms with van der Waals surface area (Å²) >= 11 is 5.90. The quantitative estimate of drug-likeness (QED) is 0.871. The number of carbonyl (C=O) groups excluding carboxylic acids is 1. The molecule has 3 rings (SSSR count). The summed E-state index contributed by atoms with van der Waals surface area (Å²) in [6.45, 7) is 0. The number of hydrogen-bond acceptors (Lipinski definition) is 3. The highest BCUT2D eigenvalue weighted by atomic mass is 35.5. The van der Waals surface area contributed by atoms with E-state index in [1.165, 1.54) is 0 Å². The average Bonchev–Trinajstić information content (AvgIpc) is 2.96. The molecule has 5 nitrogen and oxygen atoms in total. The Morgan fingerprint density at radius 2 is 2.39 bits per heavy atom. The molecule has 0 radical (unpaired) electrons. The molecule has 2 heterocycles. The highest BCUT2D eigenvalue weighted by Gasteiger charge is 2.29. The standard InChI is InChI=1S/C12H10ClN3O2/c13-8-1-2-9-7(5-8)6-10(18-9)12(17)15-11-3-4-14-16-11/h1-5,10H,6H2,(H2,14,15,16,17). The third kappa shape index (κ3) is 2.04. The molecular formula is C12H10ClN3O2. The van der Waals surface area contributed by atoms with Gasteiger partial charge in [0.1, 0.15) is 11.6 Å². The largest absolute Gasteiger partial charge is 0.480 e. The number of halogens is 1. The van der Waals surface area contributed by atoms with Crippen molar-refractivity contribution in [3.05, 3.63) is 41.0 Å². The Bertz CT molecular complexity index is 583. The lowest BCUT2D eigenvalue weighted by Crippen LogP contribution is -2.31. The Labute approximate surface area is 108 Å². The molecular weight excluding hydrogens is 254 g/mol. The molecule has 1 aliphatic rings. The maximum atomic E-state index is 11.9. The van der Waals surface area contributed by atoms with Crippen LogP contribution < -0.4 is 10.1 Å². The third-order valence-electron chi connectivity index (χ3n) is 2.75. The van der Waals surface area contributed by atoms with E-state index in [1.807, 2.05) is 6.07 Å². The van der Waals surface area contributed by atoms with Gasteiger partial charge < -0.3 is 10.1 Å². The molecule has 1 aromatic carbocycles. The Morgan fingerprint density at radius 3 is 3.17 bits per heavy atom. The van der Waals surface area contributed by atoms with E-state index < -0.39 is 6.10 Å². The number of aromatic amines is 1. The van der Waals surface area contributed by atoms with Gasteiger partial charge in [-0.2, -0.15) is 5.10 Å². The number of amides is 1. The average molecular weight is 264 g/mol. The van der Waals surface area contributed by atoms with E-state index in [-0.39, 0.29) is 5.91 Å². The van der Waals surface area contributed by atoms with Gasteiger partial charge in [-0.05, 0) is 23.8 Å². The Kier molecular flexibility index (Phi) is 2.68. The normalized spacial score (nSPS) is 17.1. The van der Waals surface area contributed by atoms with Gasteiger partial charge in [-0.1, -0.05) is 11.6 Å². The Balaban J connectivity index is 1.72. The second-order valence-corrected chi connectivity index (χ2v) is 4.46. The number of fused-ring (bicyclic) bond motifs is 1. The van der Waals surface area contributed by atoms with Crippen LogP contribution in [0.1, 0.15) is 5.56 Å². The summed E-state index contributed by atoms with van der Waals surface area (Å²) < 4.78 is 5.57. The molecule has 2 N–H and O–H groups in total. The highest BCUT2D eigenvalue weighted by molar-refractivity contribution is 6.30. The number of nitrogens with one attached hydrogen (secondary N) is 2. The van der Waals surface area contributed by atoms with Crippen LogP contribution in [-0.4, -0.2) is 22.2 Å². The van der Waals surface area contributed by atoms with Crippen LogP contribution in [0.25, 0.3) is 0 Å². The highest BCUT2D eigenvalue weighted by Crippen LogP contribution is 2.31. The van der Waals surface area contributed by atoms with E-state index in [2.05, 4.69) is 15.5 Å². The predicted octanol–water partition coefficient (Wildman–Crippen LogP) is 2.01. The molecule has 6 heteroatoms. The Hall–Kier alpha value is -2.01. The molecule has 18 heavy (non-hydrogen) atoms. The molecule has 0 fully saturated rings. The van der Waals surface area contributed by atoms with Crippen molar-refractivity contribution in [2.45, 2.75) is 12.5 Å². The molecule has 0 aliphatic carbocycles. The van der Waals surface area contributed by atoms with Crippen molar-refractivity contribution in [1.82, 2.24) is 10.2 Å². The molecule has 1 atom stereocenters. The molecule has 1 amide bonds. The fourth-order valence-corrected chi connectivity index (χ4v) is 2.10. The van der Waals surface area contributed by atoms with E-state index in [1.54, 1.807) is 24.4 Å². The molecule has 0 saturated heterocycles. The van der Waals surface area contributed by atoms with Gasteiger partial charge in [0.15, 0.2) is 6.10 Å². The van der Waals surface area contributed by atoms with E-state index in [9.17, 15) is 4.79 Å². The maximum absolute atomic E-state index is 11.9. The van der Waals surface area contributed by atoms with Crippen LogP contribution in [0, 0.1) is 0 Å². The number of carbonyl (C=O) groups is 1. The number of aromatic nitrogens is 2. The minimum atomic E-state index is -0.526. The van der Waals surface area contributed by atoms with Gasteiger partial charge in [0, 0.05) is 17.5 Å². The minimum Gasteiger partial charge on any atom is -0.480 e. The van der Waals surface area contributed by atoms with E-state index in [4.69, 9.17) is 16.3 Å². The molecule has 1 unspecified atom stereocenters. The summed E-state index contributed by atoms with van der Waals surface area (Å²) in [5, 5.41) is 9.76. The number of ether oxygens (including phenoxy) is 1. The van der Waals surface area contributed by atoms with Crippen molar-refractivity contribution >= 4 is 23.3 Å². The van der Waals surface area contributed by atoms with Crippen molar-refractivity contribution in [2.75, 3.05) is 5.32 Å². The van der Waals surface area contributed by atoms with Crippen molar-refractivity contribution in [3.8, 4) is 5.75 Å². The summed E-state index contributed by atoms with van der Waals surface area (Å²) in [6, 6.07) is 7.02. The summed E-state index contributed by atoms with van der Waals surface area (Å²) in [5.41, 5.74) is 0.951. The molecule has 92 valence electrons. The summed E-state index contributed by atoms with van der Waals surface area (Å²) in [5.74, 6) is 1.06. The minimum absolute atomic E-state index is 0.202. The first-order valence-corrected chi connectivity index (χ1v) is 5.85. The number of H-pyrrole nitrogens is 1. The summed E-state index contributed by atoms with van der Waals surface area (Å²) in [4.78, 5) is 11.9. The maximum Gasteiger partial charge on any atom is 0.266 e. The van der Waals surface area contributed by atoms with Crippen LogP contribution in [0.15, 0.2) is 30.5 Å². The third-order valence-corrected chi connectivity index (χ3v) is 2.98. The zero-order valence-corrected chi connectivity index (χ0v) is 10.1. The first-order valence-electron chi connectivity index (χ1n) is 5.48. The topological polar surface area (TPSA) is 67.0 Å². The van der Waals surface area contributed by atoms with Gasteiger partial charge in [-0.3, -0.25) is 9.89 Å². The first-order chi connectivity index (χ1) is 8.72. The molecule has 0 saturated carbocycles. The van der Waals surface area contributed by atoms with E-state index in [0.717, 1.165) is 5.56 Å². The van der Waals surface area contributed by atoms with Crippen LogP contribution in [0.5, 0.6) is 5.75 Å². The monoisotopic (exact) mass is 263 g/mol. The van der Waals surface area contributed by atoms with Crippen molar-refractivity contribution in [1.29, 1.82) is 0 Å². The van der Waals surface area contributed by atoms with Gasteiger partial charge in [-0.15, -0.1) is 0 Å². The number of benzene rings is 1. The molecule has 0 bridgehead atoms. The SMILES string of the molecule is O=C(Nc1ccn[nH]1)C1Cc2cc(Cl)ccc2O1. The van der Waals surface area contributed by atoms with Crippen LogP contribution in [0.2, 0.25) is 5.02 Å². The number of anilines is 1. The van der Waals surface area contributed by atoms with Crippen LogP contribution in [-0.2, 0) is 11.2 Å². The summed E-state index contributed by atoms with van der Waals surface area (Å²) in [7, 11) is 0. The van der Waals surface area contributed by atoms with E-state index in [0.29, 0.717) is 23.0 Å². The van der Waals surface area contributed by atoms with Crippen LogP contribution >= 0.6 is 11.6 Å². The molecule has 1 aromatic heterocycles. The van der Waals surface area contributed by atoms with Gasteiger partial charge in [0.2, 0.25) is 0 Å². The molecule has 0 spiro atoms. The lowest BCUT2D eigenvalue weighted by Gasteiger charge is -2.09. The zero-order chi connectivity index (χ0) is 12.5. The zero-order valence-electron chi connectivity index (χ0n) is 9.31. The predicted molar refractivity (Wildman–Crippen MR) is 66.8 cm³/mol. The molecule has 2 aromatic rings. The van der Waals surface area contributed by atoms with Crippen molar-refractivity contribution < 1.29 is 9.53 Å². The second-order valence-electron chi connectivity index (χ2n) is 4.02. The van der Waals surface area contributed by atoms with Crippen molar-refractivity contribution in [2.24, 2.45) is 0 Å². The fraction of sp³-hybridized carbons (Fsp3) is 0.167. The first kappa shape index (κ1) is 11.1. The van der Waals surface area contributed by atoms with Gasteiger partial charge >= 0.3 is 0 Å². The lowest BCUT2D eigenvalue weighted by atomic mass is 10.1. The second kappa shape index (κ2) is 4.34. The number of nitrogens with zero attached hydrogens (tertiary/aromatic N) is 1. The summed E-state index contributed by atoms with van der Waals surface area (Å²) in [6.07, 6.45) is 1.57. The Morgan fingerprint density at radius 1 is 1.50 bits per heavy atom. The van der Waals surface area contributed by atoms with Crippen molar-refractivity contribution in [3.63, 3.8) is 0 Å². The van der Waals surface area contributed by atoms with Crippen LogP contribution in [0.4, 0.5) is 5.82 Å². The number of hydrogen-bond donors (Lipinski definition) is 2.